The number of aromatic carboxylic acids is 1. The highest BCUT2D eigenvalue weighted by atomic mass is 16.4. The highest BCUT2D eigenvalue weighted by molar-refractivity contribution is 5.88. The van der Waals surface area contributed by atoms with Gasteiger partial charge in [0.25, 0.3) is 0 Å². The summed E-state index contributed by atoms with van der Waals surface area (Å²) in [6.45, 7) is 0. The second-order valence-electron chi connectivity index (χ2n) is 3.23. The number of anilines is 1. The van der Waals surface area contributed by atoms with Gasteiger partial charge < -0.3 is 10.8 Å². The predicted molar refractivity (Wildman–Crippen MR) is 58.8 cm³/mol. The number of nitrogens with two attached hydrogens (primary N) is 1. The number of nitrogen functional groups attached to an aromatic ring is 1. The fraction of sp³-hybridized carbons (Fsp3) is 0. The van der Waals surface area contributed by atoms with Crippen molar-refractivity contribution in [2.24, 2.45) is 0 Å². The van der Waals surface area contributed by atoms with Gasteiger partial charge in [-0.1, -0.05) is 12.1 Å². The van der Waals surface area contributed by atoms with Crippen molar-refractivity contribution < 1.29 is 9.90 Å². The molecule has 0 aliphatic carbocycles. The van der Waals surface area contributed by atoms with E-state index in [0.717, 1.165) is 5.56 Å². The zero-order chi connectivity index (χ0) is 11.5. The topological polar surface area (TPSA) is 89.1 Å². The fourth-order valence-corrected chi connectivity index (χ4v) is 1.28. The van der Waals surface area contributed by atoms with Gasteiger partial charge in [0, 0.05) is 5.56 Å². The van der Waals surface area contributed by atoms with E-state index in [1.165, 1.54) is 12.1 Å². The highest BCUT2D eigenvalue weighted by Gasteiger charge is 2.04. The molecule has 2 rings (SSSR count). The summed E-state index contributed by atoms with van der Waals surface area (Å²) >= 11 is 0. The third-order valence-corrected chi connectivity index (χ3v) is 2.11. The van der Waals surface area contributed by atoms with Crippen LogP contribution >= 0.6 is 0 Å². The van der Waals surface area contributed by atoms with Crippen LogP contribution in [-0.4, -0.2) is 21.3 Å². The van der Waals surface area contributed by atoms with Crippen molar-refractivity contribution in [3.63, 3.8) is 0 Å². The number of carbonyl (C=O) groups is 1. The van der Waals surface area contributed by atoms with E-state index in [9.17, 15) is 4.79 Å². The normalized spacial score (nSPS) is 10.0. The van der Waals surface area contributed by atoms with E-state index >= 15 is 0 Å². The lowest BCUT2D eigenvalue weighted by Gasteiger charge is -2.00. The van der Waals surface area contributed by atoms with Crippen LogP contribution in [0.4, 0.5) is 5.82 Å². The minimum Gasteiger partial charge on any atom is -0.478 e. The van der Waals surface area contributed by atoms with Crippen LogP contribution in [0.1, 0.15) is 10.4 Å². The molecule has 5 nitrogen and oxygen atoms in total. The lowest BCUT2D eigenvalue weighted by molar-refractivity contribution is 0.0697. The van der Waals surface area contributed by atoms with Gasteiger partial charge in [0.2, 0.25) is 0 Å². The van der Waals surface area contributed by atoms with E-state index in [2.05, 4.69) is 10.2 Å². The molecule has 80 valence electrons. The van der Waals surface area contributed by atoms with Gasteiger partial charge in [0.15, 0.2) is 0 Å². The maximum atomic E-state index is 10.6. The van der Waals surface area contributed by atoms with Crippen molar-refractivity contribution in [3.8, 4) is 11.3 Å². The molecule has 0 unspecified atom stereocenters. The van der Waals surface area contributed by atoms with Gasteiger partial charge in [-0.3, -0.25) is 0 Å². The van der Waals surface area contributed by atoms with E-state index < -0.39 is 5.97 Å². The third-order valence-electron chi connectivity index (χ3n) is 2.11. The first-order valence-electron chi connectivity index (χ1n) is 4.60. The van der Waals surface area contributed by atoms with Crippen LogP contribution in [0.25, 0.3) is 11.3 Å². The molecule has 0 spiro atoms. The maximum absolute atomic E-state index is 10.6. The number of carboxylic acids is 1. The molecule has 0 aliphatic heterocycles. The molecule has 1 aromatic heterocycles. The first-order valence-corrected chi connectivity index (χ1v) is 4.60. The summed E-state index contributed by atoms with van der Waals surface area (Å²) in [5.74, 6) is -0.596. The van der Waals surface area contributed by atoms with Crippen molar-refractivity contribution in [2.75, 3.05) is 5.73 Å². The SMILES string of the molecule is Nc1ccc(-c2ccc(C(=O)O)cc2)nn1. The van der Waals surface area contributed by atoms with E-state index in [-0.39, 0.29) is 5.56 Å². The number of carboxylic acid groups (broad SMARTS) is 1. The lowest BCUT2D eigenvalue weighted by atomic mass is 10.1. The van der Waals surface area contributed by atoms with Gasteiger partial charge in [-0.05, 0) is 24.3 Å². The smallest absolute Gasteiger partial charge is 0.335 e. The summed E-state index contributed by atoms with van der Waals surface area (Å²) in [6, 6.07) is 9.80. The Kier molecular flexibility index (Phi) is 2.51. The zero-order valence-corrected chi connectivity index (χ0v) is 8.29. The highest BCUT2D eigenvalue weighted by Crippen LogP contribution is 2.17. The maximum Gasteiger partial charge on any atom is 0.335 e. The van der Waals surface area contributed by atoms with Gasteiger partial charge in [-0.15, -0.1) is 10.2 Å². The standard InChI is InChI=1S/C11H9N3O2/c12-10-6-5-9(13-14-10)7-1-3-8(4-2-7)11(15)16/h1-6H,(H2,12,14)(H,15,16). The van der Waals surface area contributed by atoms with Crippen LogP contribution in [0.3, 0.4) is 0 Å². The first kappa shape index (κ1) is 10.1. The van der Waals surface area contributed by atoms with Gasteiger partial charge in [0.05, 0.1) is 11.3 Å². The average molecular weight is 215 g/mol. The van der Waals surface area contributed by atoms with Gasteiger partial charge >= 0.3 is 5.97 Å². The Balaban J connectivity index is 2.34. The first-order chi connectivity index (χ1) is 7.66. The van der Waals surface area contributed by atoms with Crippen LogP contribution in [0, 0.1) is 0 Å². The molecule has 0 atom stereocenters. The second kappa shape index (κ2) is 3.98. The Morgan fingerprint density at radius 1 is 1.06 bits per heavy atom. The van der Waals surface area contributed by atoms with E-state index in [0.29, 0.717) is 11.5 Å². The summed E-state index contributed by atoms with van der Waals surface area (Å²) in [5.41, 5.74) is 7.12. The Morgan fingerprint density at radius 3 is 2.25 bits per heavy atom. The number of hydrogen-bond donors (Lipinski definition) is 2. The number of aromatic nitrogens is 2. The Labute approximate surface area is 91.6 Å². The minimum atomic E-state index is -0.949. The Morgan fingerprint density at radius 2 is 1.75 bits per heavy atom. The summed E-state index contributed by atoms with van der Waals surface area (Å²) < 4.78 is 0. The van der Waals surface area contributed by atoms with Crippen LogP contribution in [0.2, 0.25) is 0 Å². The second-order valence-corrected chi connectivity index (χ2v) is 3.23. The van der Waals surface area contributed by atoms with Crippen LogP contribution in [0.15, 0.2) is 36.4 Å². The summed E-state index contributed by atoms with van der Waals surface area (Å²) in [6.07, 6.45) is 0. The number of rotatable bonds is 2. The average Bonchev–Trinajstić information content (AvgIpc) is 2.30. The van der Waals surface area contributed by atoms with Gasteiger partial charge in [-0.2, -0.15) is 0 Å². The molecule has 5 heteroatoms. The van der Waals surface area contributed by atoms with E-state index in [4.69, 9.17) is 10.8 Å². The predicted octanol–water partition coefficient (Wildman–Crippen LogP) is 1.42. The molecule has 3 N–H and O–H groups in total. The third kappa shape index (κ3) is 1.98. The van der Waals surface area contributed by atoms with Crippen molar-refractivity contribution in [1.29, 1.82) is 0 Å². The number of benzene rings is 1. The molecular formula is C11H9N3O2. The molecule has 0 saturated carbocycles. The molecule has 1 aromatic carbocycles. The Bertz CT molecular complexity index is 506. The largest absolute Gasteiger partial charge is 0.478 e. The minimum absolute atomic E-state index is 0.243. The van der Waals surface area contributed by atoms with Gasteiger partial charge in [0.1, 0.15) is 5.82 Å². The molecule has 0 bridgehead atoms. The van der Waals surface area contributed by atoms with E-state index in [1.807, 2.05) is 0 Å². The lowest BCUT2D eigenvalue weighted by Crippen LogP contribution is -1.96. The molecule has 0 radical (unpaired) electrons. The number of nitrogens with zero attached hydrogens (tertiary/aromatic N) is 2. The van der Waals surface area contributed by atoms with Crippen LogP contribution < -0.4 is 5.73 Å². The van der Waals surface area contributed by atoms with Gasteiger partial charge in [-0.25, -0.2) is 4.79 Å². The van der Waals surface area contributed by atoms with Crippen molar-refractivity contribution in [2.45, 2.75) is 0 Å². The Hall–Kier alpha value is -2.43. The van der Waals surface area contributed by atoms with Crippen LogP contribution in [-0.2, 0) is 0 Å². The molecule has 0 fully saturated rings. The summed E-state index contributed by atoms with van der Waals surface area (Å²) in [4.78, 5) is 10.6. The molecule has 0 amide bonds. The summed E-state index contributed by atoms with van der Waals surface area (Å²) in [7, 11) is 0. The molecular weight excluding hydrogens is 206 g/mol. The summed E-state index contributed by atoms with van der Waals surface area (Å²) in [5, 5.41) is 16.4. The van der Waals surface area contributed by atoms with Crippen molar-refractivity contribution in [1.82, 2.24) is 10.2 Å². The van der Waals surface area contributed by atoms with Crippen LogP contribution in [0.5, 0.6) is 0 Å². The fourth-order valence-electron chi connectivity index (χ4n) is 1.28. The molecule has 0 saturated heterocycles. The quantitative estimate of drug-likeness (QED) is 0.790. The molecule has 2 aromatic rings. The number of hydrogen-bond acceptors (Lipinski definition) is 4. The van der Waals surface area contributed by atoms with Crippen molar-refractivity contribution in [3.05, 3.63) is 42.0 Å². The monoisotopic (exact) mass is 215 g/mol. The van der Waals surface area contributed by atoms with E-state index in [1.54, 1.807) is 24.3 Å². The molecule has 1 heterocycles. The molecule has 16 heavy (non-hydrogen) atoms. The van der Waals surface area contributed by atoms with Crippen molar-refractivity contribution >= 4 is 11.8 Å². The zero-order valence-electron chi connectivity index (χ0n) is 8.29. The molecule has 0 aliphatic rings.